The fraction of sp³-hybridized carbons (Fsp3) is 0.278. The summed E-state index contributed by atoms with van der Waals surface area (Å²) < 4.78 is 7.38. The topological polar surface area (TPSA) is 80.3 Å². The van der Waals surface area contributed by atoms with Crippen molar-refractivity contribution in [3.8, 4) is 11.4 Å². The lowest BCUT2D eigenvalue weighted by molar-refractivity contribution is 0.380. The SMILES string of the molecule is CCNC(=NCc1nc(-c2ccc(Cl)cc2)no1)NCCn1cccc1.I. The minimum absolute atomic E-state index is 0. The molecule has 0 saturated carbocycles. The molecule has 7 nitrogen and oxygen atoms in total. The number of hydrogen-bond donors (Lipinski definition) is 2. The zero-order chi connectivity index (χ0) is 18.2. The summed E-state index contributed by atoms with van der Waals surface area (Å²) in [5, 5.41) is 11.2. The van der Waals surface area contributed by atoms with Crippen LogP contribution >= 0.6 is 35.6 Å². The van der Waals surface area contributed by atoms with Crippen LogP contribution in [-0.4, -0.2) is 33.8 Å². The van der Waals surface area contributed by atoms with Crippen molar-refractivity contribution in [2.24, 2.45) is 4.99 Å². The van der Waals surface area contributed by atoms with Gasteiger partial charge in [-0.3, -0.25) is 0 Å². The number of nitrogens with zero attached hydrogens (tertiary/aromatic N) is 4. The smallest absolute Gasteiger partial charge is 0.248 e. The molecule has 1 aromatic carbocycles. The third-order valence-electron chi connectivity index (χ3n) is 3.62. The molecule has 9 heteroatoms. The molecule has 0 spiro atoms. The summed E-state index contributed by atoms with van der Waals surface area (Å²) >= 11 is 5.90. The van der Waals surface area contributed by atoms with Gasteiger partial charge in [0, 0.05) is 42.6 Å². The number of guanidine groups is 1. The van der Waals surface area contributed by atoms with Crippen molar-refractivity contribution in [2.45, 2.75) is 20.0 Å². The van der Waals surface area contributed by atoms with E-state index in [1.807, 2.05) is 43.6 Å². The molecule has 0 aliphatic heterocycles. The van der Waals surface area contributed by atoms with E-state index in [0.717, 1.165) is 25.2 Å². The number of rotatable bonds is 7. The minimum Gasteiger partial charge on any atom is -0.357 e. The fourth-order valence-corrected chi connectivity index (χ4v) is 2.47. The van der Waals surface area contributed by atoms with Crippen LogP contribution in [-0.2, 0) is 13.1 Å². The number of aliphatic imine (C=N–C) groups is 1. The maximum Gasteiger partial charge on any atom is 0.248 e. The summed E-state index contributed by atoms with van der Waals surface area (Å²) in [4.78, 5) is 8.87. The highest BCUT2D eigenvalue weighted by Crippen LogP contribution is 2.18. The average Bonchev–Trinajstić information content (AvgIpc) is 3.32. The van der Waals surface area contributed by atoms with E-state index in [1.54, 1.807) is 12.1 Å². The maximum atomic E-state index is 5.90. The molecule has 2 aromatic heterocycles. The molecule has 3 rings (SSSR count). The Morgan fingerprint density at radius 3 is 2.63 bits per heavy atom. The van der Waals surface area contributed by atoms with E-state index in [1.165, 1.54) is 0 Å². The maximum absolute atomic E-state index is 5.90. The third-order valence-corrected chi connectivity index (χ3v) is 3.87. The van der Waals surface area contributed by atoms with E-state index in [-0.39, 0.29) is 24.0 Å². The van der Waals surface area contributed by atoms with Gasteiger partial charge in [-0.1, -0.05) is 16.8 Å². The summed E-state index contributed by atoms with van der Waals surface area (Å²) in [5.74, 6) is 1.70. The lowest BCUT2D eigenvalue weighted by Gasteiger charge is -2.11. The number of aromatic nitrogens is 3. The number of benzene rings is 1. The van der Waals surface area contributed by atoms with E-state index < -0.39 is 0 Å². The molecule has 0 unspecified atom stereocenters. The van der Waals surface area contributed by atoms with Crippen LogP contribution < -0.4 is 10.6 Å². The summed E-state index contributed by atoms with van der Waals surface area (Å²) in [6, 6.07) is 11.3. The Hall–Kier alpha value is -2.07. The van der Waals surface area contributed by atoms with E-state index in [4.69, 9.17) is 16.1 Å². The van der Waals surface area contributed by atoms with Gasteiger partial charge in [0.15, 0.2) is 5.96 Å². The highest BCUT2D eigenvalue weighted by atomic mass is 127. The lowest BCUT2D eigenvalue weighted by Crippen LogP contribution is -2.38. The Morgan fingerprint density at radius 1 is 1.19 bits per heavy atom. The number of halogens is 2. The van der Waals surface area contributed by atoms with Gasteiger partial charge in [0.2, 0.25) is 11.7 Å². The first kappa shape index (κ1) is 21.2. The molecular formula is C18H22ClIN6O. The molecule has 0 saturated heterocycles. The molecule has 0 aliphatic carbocycles. The van der Waals surface area contributed by atoms with Gasteiger partial charge in [-0.2, -0.15) is 4.98 Å². The van der Waals surface area contributed by atoms with E-state index in [0.29, 0.717) is 29.2 Å². The van der Waals surface area contributed by atoms with Crippen LogP contribution in [0.15, 0.2) is 58.3 Å². The Labute approximate surface area is 180 Å². The predicted octanol–water partition coefficient (Wildman–Crippen LogP) is 3.56. The van der Waals surface area contributed by atoms with Crippen molar-refractivity contribution < 1.29 is 4.52 Å². The highest BCUT2D eigenvalue weighted by Gasteiger charge is 2.08. The molecule has 0 fully saturated rings. The first-order chi connectivity index (χ1) is 12.7. The molecule has 0 amide bonds. The van der Waals surface area contributed by atoms with Crippen molar-refractivity contribution in [1.82, 2.24) is 25.3 Å². The van der Waals surface area contributed by atoms with Crippen LogP contribution in [0.3, 0.4) is 0 Å². The fourth-order valence-electron chi connectivity index (χ4n) is 2.35. The van der Waals surface area contributed by atoms with Crippen molar-refractivity contribution in [2.75, 3.05) is 13.1 Å². The van der Waals surface area contributed by atoms with E-state index in [2.05, 4.69) is 30.3 Å². The third kappa shape index (κ3) is 6.55. The normalized spacial score (nSPS) is 11.1. The minimum atomic E-state index is 0. The van der Waals surface area contributed by atoms with Gasteiger partial charge in [0.1, 0.15) is 6.54 Å². The molecule has 144 valence electrons. The average molecular weight is 501 g/mol. The Balaban J connectivity index is 0.00000261. The van der Waals surface area contributed by atoms with Gasteiger partial charge >= 0.3 is 0 Å². The van der Waals surface area contributed by atoms with Gasteiger partial charge in [-0.25, -0.2) is 4.99 Å². The molecule has 2 heterocycles. The van der Waals surface area contributed by atoms with Crippen molar-refractivity contribution in [3.05, 3.63) is 59.7 Å². The Bertz CT molecular complexity index is 832. The highest BCUT2D eigenvalue weighted by molar-refractivity contribution is 14.0. The largest absolute Gasteiger partial charge is 0.357 e. The predicted molar refractivity (Wildman–Crippen MR) is 117 cm³/mol. The van der Waals surface area contributed by atoms with Crippen molar-refractivity contribution in [1.29, 1.82) is 0 Å². The molecule has 27 heavy (non-hydrogen) atoms. The Kier molecular flexibility index (Phi) is 8.59. The molecule has 0 bridgehead atoms. The summed E-state index contributed by atoms with van der Waals surface area (Å²) in [6.45, 7) is 4.72. The molecule has 0 atom stereocenters. The molecule has 2 N–H and O–H groups in total. The second kappa shape index (κ2) is 10.9. The van der Waals surface area contributed by atoms with Crippen LogP contribution in [0.4, 0.5) is 0 Å². The first-order valence-corrected chi connectivity index (χ1v) is 8.84. The molecule has 0 aliphatic rings. The molecule has 3 aromatic rings. The monoisotopic (exact) mass is 500 g/mol. The summed E-state index contributed by atoms with van der Waals surface area (Å²) in [6.07, 6.45) is 4.06. The second-order valence-electron chi connectivity index (χ2n) is 5.56. The standard InChI is InChI=1S/C18H21ClN6O.HI/c1-2-20-18(21-9-12-25-10-3-4-11-25)22-13-16-23-17(24-26-16)14-5-7-15(19)8-6-14;/h3-8,10-11H,2,9,12-13H2,1H3,(H2,20,21,22);1H. The number of hydrogen-bond acceptors (Lipinski definition) is 4. The van der Waals surface area contributed by atoms with Gasteiger partial charge in [-0.15, -0.1) is 24.0 Å². The van der Waals surface area contributed by atoms with E-state index >= 15 is 0 Å². The molecular weight excluding hydrogens is 479 g/mol. The zero-order valence-electron chi connectivity index (χ0n) is 14.9. The molecule has 0 radical (unpaired) electrons. The van der Waals surface area contributed by atoms with Gasteiger partial charge in [0.25, 0.3) is 0 Å². The number of nitrogens with one attached hydrogen (secondary N) is 2. The quantitative estimate of drug-likeness (QED) is 0.295. The summed E-state index contributed by atoms with van der Waals surface area (Å²) in [7, 11) is 0. The van der Waals surface area contributed by atoms with Crippen LogP contribution in [0.5, 0.6) is 0 Å². The first-order valence-electron chi connectivity index (χ1n) is 8.46. The van der Waals surface area contributed by atoms with Crippen molar-refractivity contribution in [3.63, 3.8) is 0 Å². The van der Waals surface area contributed by atoms with Crippen LogP contribution in [0.25, 0.3) is 11.4 Å². The lowest BCUT2D eigenvalue weighted by atomic mass is 10.2. The Morgan fingerprint density at radius 2 is 1.93 bits per heavy atom. The van der Waals surface area contributed by atoms with Crippen molar-refractivity contribution >= 4 is 41.5 Å². The van der Waals surface area contributed by atoms with Gasteiger partial charge in [0.05, 0.1) is 0 Å². The summed E-state index contributed by atoms with van der Waals surface area (Å²) in [5.41, 5.74) is 0.852. The van der Waals surface area contributed by atoms with Gasteiger partial charge in [-0.05, 0) is 43.3 Å². The van der Waals surface area contributed by atoms with Crippen LogP contribution in [0.2, 0.25) is 5.02 Å². The van der Waals surface area contributed by atoms with Gasteiger partial charge < -0.3 is 19.7 Å². The second-order valence-corrected chi connectivity index (χ2v) is 6.00. The zero-order valence-corrected chi connectivity index (χ0v) is 18.0. The van der Waals surface area contributed by atoms with Crippen LogP contribution in [0, 0.1) is 0 Å². The van der Waals surface area contributed by atoms with Crippen LogP contribution in [0.1, 0.15) is 12.8 Å². The van der Waals surface area contributed by atoms with E-state index in [9.17, 15) is 0 Å².